The highest BCUT2D eigenvalue weighted by atomic mass is 16.5. The maximum absolute atomic E-state index is 6.07. The number of benzene rings is 1. The summed E-state index contributed by atoms with van der Waals surface area (Å²) in [7, 11) is 2.04. The molecule has 1 aliphatic carbocycles. The number of rotatable bonds is 5. The minimum atomic E-state index is 0.392. The van der Waals surface area contributed by atoms with Crippen LogP contribution in [0, 0.1) is 0 Å². The second kappa shape index (κ2) is 5.76. The predicted octanol–water partition coefficient (Wildman–Crippen LogP) is 4.23. The predicted molar refractivity (Wildman–Crippen MR) is 78.0 cm³/mol. The molecule has 1 aromatic carbocycles. The van der Waals surface area contributed by atoms with Crippen LogP contribution in [0.3, 0.4) is 0 Å². The van der Waals surface area contributed by atoms with Crippen LogP contribution in [0.25, 0.3) is 6.08 Å². The van der Waals surface area contributed by atoms with Gasteiger partial charge in [0.1, 0.15) is 5.75 Å². The van der Waals surface area contributed by atoms with E-state index >= 15 is 0 Å². The van der Waals surface area contributed by atoms with Crippen LogP contribution in [0.2, 0.25) is 0 Å². The largest absolute Gasteiger partial charge is 0.488 e. The van der Waals surface area contributed by atoms with Crippen LogP contribution in [-0.2, 0) is 0 Å². The lowest BCUT2D eigenvalue weighted by Crippen LogP contribution is -2.25. The van der Waals surface area contributed by atoms with Gasteiger partial charge in [-0.2, -0.15) is 0 Å². The fraction of sp³-hybridized carbons (Fsp3) is 0.375. The van der Waals surface area contributed by atoms with Crippen molar-refractivity contribution in [3.05, 3.63) is 42.6 Å². The molecule has 1 saturated carbocycles. The Labute approximate surface area is 110 Å². The van der Waals surface area contributed by atoms with Crippen LogP contribution in [0.5, 0.6) is 5.75 Å². The van der Waals surface area contributed by atoms with Crippen molar-refractivity contribution in [3.8, 4) is 5.75 Å². The SMILES string of the molecule is C=Cc1cccc(OC2CCC2)c1N(C)/C=C/C. The number of hydrogen-bond acceptors (Lipinski definition) is 2. The molecule has 0 aromatic heterocycles. The zero-order valence-corrected chi connectivity index (χ0v) is 11.2. The highest BCUT2D eigenvalue weighted by molar-refractivity contribution is 5.74. The lowest BCUT2D eigenvalue weighted by Gasteiger charge is -2.29. The standard InChI is InChI=1S/C16H21NO/c1-4-12-17(3)16-13(5-2)8-6-11-15(16)18-14-9-7-10-14/h4-6,8,11-12,14H,2,7,9-10H2,1,3H3/b12-4+. The van der Waals surface area contributed by atoms with Crippen LogP contribution in [0.4, 0.5) is 5.69 Å². The summed E-state index contributed by atoms with van der Waals surface area (Å²) in [5.74, 6) is 0.956. The van der Waals surface area contributed by atoms with Gasteiger partial charge in [0.15, 0.2) is 0 Å². The van der Waals surface area contributed by atoms with Crippen LogP contribution in [-0.4, -0.2) is 13.2 Å². The fourth-order valence-corrected chi connectivity index (χ4v) is 2.14. The normalized spacial score (nSPS) is 15.4. The monoisotopic (exact) mass is 243 g/mol. The Balaban J connectivity index is 2.33. The van der Waals surface area contributed by atoms with E-state index in [2.05, 4.69) is 17.5 Å². The van der Waals surface area contributed by atoms with Crippen LogP contribution in [0.15, 0.2) is 37.1 Å². The summed E-state index contributed by atoms with van der Waals surface area (Å²) in [4.78, 5) is 2.09. The van der Waals surface area contributed by atoms with E-state index < -0.39 is 0 Å². The van der Waals surface area contributed by atoms with Gasteiger partial charge in [0, 0.05) is 12.6 Å². The van der Waals surface area contributed by atoms with Crippen molar-refractivity contribution in [1.29, 1.82) is 0 Å². The summed E-state index contributed by atoms with van der Waals surface area (Å²) in [6, 6.07) is 6.13. The van der Waals surface area contributed by atoms with Gasteiger partial charge in [-0.25, -0.2) is 0 Å². The number of ether oxygens (including phenoxy) is 1. The molecular formula is C16H21NO. The first-order valence-electron chi connectivity index (χ1n) is 6.54. The maximum Gasteiger partial charge on any atom is 0.143 e. The fourth-order valence-electron chi connectivity index (χ4n) is 2.14. The average Bonchev–Trinajstić information content (AvgIpc) is 2.33. The van der Waals surface area contributed by atoms with Gasteiger partial charge in [-0.15, -0.1) is 0 Å². The molecule has 0 amide bonds. The number of allylic oxidation sites excluding steroid dienone is 1. The van der Waals surface area contributed by atoms with Crippen LogP contribution >= 0.6 is 0 Å². The molecule has 0 radical (unpaired) electrons. The second-order valence-electron chi connectivity index (χ2n) is 4.66. The minimum Gasteiger partial charge on any atom is -0.488 e. The highest BCUT2D eigenvalue weighted by Crippen LogP contribution is 2.36. The zero-order valence-electron chi connectivity index (χ0n) is 11.2. The van der Waals surface area contributed by atoms with E-state index in [-0.39, 0.29) is 0 Å². The van der Waals surface area contributed by atoms with Crippen molar-refractivity contribution in [1.82, 2.24) is 0 Å². The molecule has 1 fully saturated rings. The Bertz CT molecular complexity index is 446. The molecule has 0 heterocycles. The molecule has 0 unspecified atom stereocenters. The smallest absolute Gasteiger partial charge is 0.143 e. The zero-order chi connectivity index (χ0) is 13.0. The summed E-state index contributed by atoms with van der Waals surface area (Å²) in [5, 5.41) is 0. The molecule has 96 valence electrons. The van der Waals surface area contributed by atoms with Crippen molar-refractivity contribution in [3.63, 3.8) is 0 Å². The Hall–Kier alpha value is -1.70. The molecule has 0 N–H and O–H groups in total. The molecule has 2 heteroatoms. The Morgan fingerprint density at radius 2 is 2.17 bits per heavy atom. The van der Waals surface area contributed by atoms with E-state index in [1.165, 1.54) is 19.3 Å². The van der Waals surface area contributed by atoms with Crippen molar-refractivity contribution >= 4 is 11.8 Å². The van der Waals surface area contributed by atoms with E-state index in [1.54, 1.807) is 0 Å². The molecule has 2 rings (SSSR count). The van der Waals surface area contributed by atoms with E-state index in [1.807, 2.05) is 44.5 Å². The topological polar surface area (TPSA) is 12.5 Å². The Morgan fingerprint density at radius 3 is 2.72 bits per heavy atom. The summed E-state index contributed by atoms with van der Waals surface area (Å²) in [6.07, 6.45) is 9.95. The highest BCUT2D eigenvalue weighted by Gasteiger charge is 2.21. The third kappa shape index (κ3) is 2.58. The summed E-state index contributed by atoms with van der Waals surface area (Å²) in [5.41, 5.74) is 2.20. The summed E-state index contributed by atoms with van der Waals surface area (Å²) in [6.45, 7) is 5.90. The quantitative estimate of drug-likeness (QED) is 0.767. The third-order valence-electron chi connectivity index (χ3n) is 3.32. The molecule has 18 heavy (non-hydrogen) atoms. The van der Waals surface area contributed by atoms with E-state index in [0.29, 0.717) is 6.10 Å². The molecular weight excluding hydrogens is 222 g/mol. The van der Waals surface area contributed by atoms with Gasteiger partial charge in [-0.1, -0.05) is 30.9 Å². The Kier molecular flexibility index (Phi) is 4.08. The molecule has 1 aliphatic rings. The van der Waals surface area contributed by atoms with Gasteiger partial charge in [-0.05, 0) is 38.5 Å². The van der Waals surface area contributed by atoms with Crippen molar-refractivity contribution in [2.45, 2.75) is 32.3 Å². The molecule has 2 nitrogen and oxygen atoms in total. The first-order valence-corrected chi connectivity index (χ1v) is 6.54. The minimum absolute atomic E-state index is 0.392. The van der Waals surface area contributed by atoms with Gasteiger partial charge >= 0.3 is 0 Å². The number of anilines is 1. The lowest BCUT2D eigenvalue weighted by atomic mass is 9.96. The summed E-state index contributed by atoms with van der Waals surface area (Å²) >= 11 is 0. The van der Waals surface area contributed by atoms with Gasteiger partial charge in [0.05, 0.1) is 11.8 Å². The van der Waals surface area contributed by atoms with Crippen molar-refractivity contribution in [2.24, 2.45) is 0 Å². The molecule has 0 spiro atoms. The van der Waals surface area contributed by atoms with Crippen LogP contribution in [0.1, 0.15) is 31.7 Å². The number of para-hydroxylation sites is 1. The molecule has 0 atom stereocenters. The first-order chi connectivity index (χ1) is 8.76. The van der Waals surface area contributed by atoms with E-state index in [4.69, 9.17) is 4.74 Å². The van der Waals surface area contributed by atoms with E-state index in [9.17, 15) is 0 Å². The number of nitrogens with zero attached hydrogens (tertiary/aromatic N) is 1. The van der Waals surface area contributed by atoms with Crippen LogP contribution < -0.4 is 9.64 Å². The van der Waals surface area contributed by atoms with Crippen molar-refractivity contribution < 1.29 is 4.74 Å². The first kappa shape index (κ1) is 12.7. The van der Waals surface area contributed by atoms with E-state index in [0.717, 1.165) is 17.0 Å². The maximum atomic E-state index is 6.07. The lowest BCUT2D eigenvalue weighted by molar-refractivity contribution is 0.121. The molecule has 0 aliphatic heterocycles. The average molecular weight is 243 g/mol. The van der Waals surface area contributed by atoms with Gasteiger partial charge in [0.25, 0.3) is 0 Å². The van der Waals surface area contributed by atoms with Gasteiger partial charge in [0.2, 0.25) is 0 Å². The molecule has 0 saturated heterocycles. The number of hydrogen-bond donors (Lipinski definition) is 0. The second-order valence-corrected chi connectivity index (χ2v) is 4.66. The van der Waals surface area contributed by atoms with Gasteiger partial charge < -0.3 is 9.64 Å². The Morgan fingerprint density at radius 1 is 1.39 bits per heavy atom. The molecule has 0 bridgehead atoms. The molecule has 1 aromatic rings. The summed E-state index contributed by atoms with van der Waals surface area (Å²) < 4.78 is 6.07. The van der Waals surface area contributed by atoms with Gasteiger partial charge in [-0.3, -0.25) is 0 Å². The third-order valence-corrected chi connectivity index (χ3v) is 3.32. The van der Waals surface area contributed by atoms with Crippen molar-refractivity contribution in [2.75, 3.05) is 11.9 Å².